The Bertz CT molecular complexity index is 530. The summed E-state index contributed by atoms with van der Waals surface area (Å²) in [6, 6.07) is 6.74. The first-order chi connectivity index (χ1) is 6.72. The first-order valence-electron chi connectivity index (χ1n) is 4.04. The highest BCUT2D eigenvalue weighted by Gasteiger charge is 2.06. The second-order valence-electron chi connectivity index (χ2n) is 2.88. The van der Waals surface area contributed by atoms with E-state index >= 15 is 0 Å². The standard InChI is InChI=1S/C10H7ClO3/c11-8-3-1-2-6-4-7(5-12)10(13)14-9(6)8/h1-4,12H,5H2. The van der Waals surface area contributed by atoms with Crippen LogP contribution in [0.1, 0.15) is 5.56 Å². The van der Waals surface area contributed by atoms with Gasteiger partial charge in [-0.3, -0.25) is 0 Å². The quantitative estimate of drug-likeness (QED) is 0.732. The number of aliphatic hydroxyl groups excluding tert-OH is 1. The Balaban J connectivity index is 2.86. The highest BCUT2D eigenvalue weighted by atomic mass is 35.5. The molecule has 1 aromatic carbocycles. The van der Waals surface area contributed by atoms with Crippen LogP contribution in [0.4, 0.5) is 0 Å². The molecule has 0 radical (unpaired) electrons. The van der Waals surface area contributed by atoms with Gasteiger partial charge in [0.15, 0.2) is 5.58 Å². The molecular weight excluding hydrogens is 204 g/mol. The average Bonchev–Trinajstić information content (AvgIpc) is 2.19. The number of aliphatic hydroxyl groups is 1. The second kappa shape index (κ2) is 3.44. The third-order valence-corrected chi connectivity index (χ3v) is 2.25. The molecule has 14 heavy (non-hydrogen) atoms. The maximum atomic E-state index is 11.2. The van der Waals surface area contributed by atoms with E-state index in [2.05, 4.69) is 0 Å². The maximum Gasteiger partial charge on any atom is 0.341 e. The molecule has 1 heterocycles. The summed E-state index contributed by atoms with van der Waals surface area (Å²) in [5.41, 5.74) is 0.0456. The molecule has 0 aliphatic heterocycles. The Morgan fingerprint density at radius 1 is 1.43 bits per heavy atom. The van der Waals surface area contributed by atoms with Crippen molar-refractivity contribution in [2.24, 2.45) is 0 Å². The predicted octanol–water partition coefficient (Wildman–Crippen LogP) is 1.94. The Kier molecular flexibility index (Phi) is 2.27. The molecule has 2 rings (SSSR count). The normalized spacial score (nSPS) is 10.7. The summed E-state index contributed by atoms with van der Waals surface area (Å²) in [4.78, 5) is 11.2. The van der Waals surface area contributed by atoms with Gasteiger partial charge in [0.25, 0.3) is 0 Å². The minimum atomic E-state index is -0.548. The molecule has 0 atom stereocenters. The number of benzene rings is 1. The van der Waals surface area contributed by atoms with Crippen LogP contribution in [0.15, 0.2) is 33.5 Å². The molecule has 4 heteroatoms. The van der Waals surface area contributed by atoms with E-state index in [4.69, 9.17) is 21.1 Å². The van der Waals surface area contributed by atoms with Crippen molar-refractivity contribution >= 4 is 22.6 Å². The van der Waals surface area contributed by atoms with Crippen LogP contribution in [0, 0.1) is 0 Å². The van der Waals surface area contributed by atoms with Crippen LogP contribution in [0.25, 0.3) is 11.0 Å². The zero-order chi connectivity index (χ0) is 10.1. The van der Waals surface area contributed by atoms with Gasteiger partial charge in [-0.05, 0) is 12.1 Å². The van der Waals surface area contributed by atoms with Crippen LogP contribution in [-0.4, -0.2) is 5.11 Å². The Morgan fingerprint density at radius 3 is 2.93 bits per heavy atom. The fourth-order valence-corrected chi connectivity index (χ4v) is 1.48. The molecule has 0 spiro atoms. The van der Waals surface area contributed by atoms with Gasteiger partial charge >= 0.3 is 5.63 Å². The highest BCUT2D eigenvalue weighted by molar-refractivity contribution is 6.34. The van der Waals surface area contributed by atoms with Gasteiger partial charge in [0, 0.05) is 5.39 Å². The van der Waals surface area contributed by atoms with Gasteiger partial charge in [-0.25, -0.2) is 4.79 Å². The SMILES string of the molecule is O=c1oc2c(Cl)cccc2cc1CO. The molecule has 3 nitrogen and oxygen atoms in total. The number of fused-ring (bicyclic) bond motifs is 1. The summed E-state index contributed by atoms with van der Waals surface area (Å²) in [6.07, 6.45) is 0. The van der Waals surface area contributed by atoms with Crippen molar-refractivity contribution in [1.82, 2.24) is 0 Å². The average molecular weight is 211 g/mol. The van der Waals surface area contributed by atoms with Gasteiger partial charge < -0.3 is 9.52 Å². The first-order valence-corrected chi connectivity index (χ1v) is 4.42. The molecule has 72 valence electrons. The molecule has 0 saturated carbocycles. The molecule has 1 N–H and O–H groups in total. The predicted molar refractivity (Wildman–Crippen MR) is 53.4 cm³/mol. The van der Waals surface area contributed by atoms with Crippen molar-refractivity contribution in [1.29, 1.82) is 0 Å². The van der Waals surface area contributed by atoms with E-state index in [1.54, 1.807) is 24.3 Å². The van der Waals surface area contributed by atoms with Crippen molar-refractivity contribution in [3.8, 4) is 0 Å². The number of rotatable bonds is 1. The largest absolute Gasteiger partial charge is 0.421 e. The summed E-state index contributed by atoms with van der Waals surface area (Å²) in [6.45, 7) is -0.329. The fraction of sp³-hybridized carbons (Fsp3) is 0.100. The molecule has 1 aromatic heterocycles. The van der Waals surface area contributed by atoms with E-state index in [0.29, 0.717) is 16.0 Å². The number of halogens is 1. The second-order valence-corrected chi connectivity index (χ2v) is 3.28. The molecule has 0 bridgehead atoms. The molecule has 0 aliphatic rings. The van der Waals surface area contributed by atoms with Crippen molar-refractivity contribution in [3.63, 3.8) is 0 Å². The Morgan fingerprint density at radius 2 is 2.21 bits per heavy atom. The summed E-state index contributed by atoms with van der Waals surface area (Å²) in [7, 11) is 0. The first kappa shape index (κ1) is 9.24. The van der Waals surface area contributed by atoms with Gasteiger partial charge in [-0.1, -0.05) is 23.7 Å². The zero-order valence-electron chi connectivity index (χ0n) is 7.16. The van der Waals surface area contributed by atoms with Crippen molar-refractivity contribution in [2.45, 2.75) is 6.61 Å². The van der Waals surface area contributed by atoms with Crippen LogP contribution >= 0.6 is 11.6 Å². The molecule has 0 aliphatic carbocycles. The summed E-state index contributed by atoms with van der Waals surface area (Å²) < 4.78 is 4.97. The molecule has 0 fully saturated rings. The highest BCUT2D eigenvalue weighted by Crippen LogP contribution is 2.22. The summed E-state index contributed by atoms with van der Waals surface area (Å²) in [5.74, 6) is 0. The number of hydrogen-bond donors (Lipinski definition) is 1. The van der Waals surface area contributed by atoms with Gasteiger partial charge in [0.05, 0.1) is 17.2 Å². The maximum absolute atomic E-state index is 11.2. The smallest absolute Gasteiger partial charge is 0.341 e. The third-order valence-electron chi connectivity index (χ3n) is 1.95. The van der Waals surface area contributed by atoms with Crippen molar-refractivity contribution in [2.75, 3.05) is 0 Å². The van der Waals surface area contributed by atoms with Crippen molar-refractivity contribution in [3.05, 3.63) is 45.3 Å². The molecule has 0 unspecified atom stereocenters. The summed E-state index contributed by atoms with van der Waals surface area (Å²) in [5, 5.41) is 9.96. The zero-order valence-corrected chi connectivity index (χ0v) is 7.91. The minimum absolute atomic E-state index is 0.236. The lowest BCUT2D eigenvalue weighted by Gasteiger charge is -2.00. The van der Waals surface area contributed by atoms with Crippen LogP contribution in [-0.2, 0) is 6.61 Å². The topological polar surface area (TPSA) is 50.4 Å². The number of para-hydroxylation sites is 1. The Labute approximate surface area is 84.5 Å². The van der Waals surface area contributed by atoms with Crippen LogP contribution in [0.5, 0.6) is 0 Å². The van der Waals surface area contributed by atoms with Crippen LogP contribution in [0.2, 0.25) is 5.02 Å². The summed E-state index contributed by atoms with van der Waals surface area (Å²) >= 11 is 5.83. The molecule has 0 saturated heterocycles. The van der Waals surface area contributed by atoms with Crippen LogP contribution < -0.4 is 5.63 Å². The lowest BCUT2D eigenvalue weighted by molar-refractivity contribution is 0.276. The monoisotopic (exact) mass is 210 g/mol. The van der Waals surface area contributed by atoms with Crippen molar-refractivity contribution < 1.29 is 9.52 Å². The van der Waals surface area contributed by atoms with E-state index < -0.39 is 5.63 Å². The third kappa shape index (κ3) is 1.41. The van der Waals surface area contributed by atoms with E-state index in [9.17, 15) is 4.79 Å². The van der Waals surface area contributed by atoms with Crippen LogP contribution in [0.3, 0.4) is 0 Å². The van der Waals surface area contributed by atoms with E-state index in [1.807, 2.05) is 0 Å². The number of hydrogen-bond acceptors (Lipinski definition) is 3. The molecular formula is C10H7ClO3. The molecule has 2 aromatic rings. The van der Waals surface area contributed by atoms with Gasteiger partial charge in [-0.15, -0.1) is 0 Å². The van der Waals surface area contributed by atoms with Gasteiger partial charge in [0.2, 0.25) is 0 Å². The lowest BCUT2D eigenvalue weighted by atomic mass is 10.2. The minimum Gasteiger partial charge on any atom is -0.421 e. The van der Waals surface area contributed by atoms with Gasteiger partial charge in [0.1, 0.15) is 0 Å². The van der Waals surface area contributed by atoms with E-state index in [-0.39, 0.29) is 12.2 Å². The molecule has 0 amide bonds. The van der Waals surface area contributed by atoms with Gasteiger partial charge in [-0.2, -0.15) is 0 Å². The fourth-order valence-electron chi connectivity index (χ4n) is 1.26. The van der Waals surface area contributed by atoms with E-state index in [0.717, 1.165) is 0 Å². The Hall–Kier alpha value is -1.32. The van der Waals surface area contributed by atoms with E-state index in [1.165, 1.54) is 0 Å². The lowest BCUT2D eigenvalue weighted by Crippen LogP contribution is -2.06.